The number of pyridine rings is 2. The second-order valence-corrected chi connectivity index (χ2v) is 4.41. The van der Waals surface area contributed by atoms with E-state index >= 15 is 0 Å². The summed E-state index contributed by atoms with van der Waals surface area (Å²) in [6.07, 6.45) is 20.8. The summed E-state index contributed by atoms with van der Waals surface area (Å²) in [5, 5.41) is 0. The first-order valence-corrected chi connectivity index (χ1v) is 6.88. The van der Waals surface area contributed by atoms with Crippen molar-refractivity contribution in [2.24, 2.45) is 0 Å². The normalized spacial score (nSPS) is 12.0. The molecule has 0 aromatic carbocycles. The second kappa shape index (κ2) is 8.97. The lowest BCUT2D eigenvalue weighted by molar-refractivity contribution is -0.110. The number of allylic oxidation sites excluding steroid dienone is 6. The van der Waals surface area contributed by atoms with E-state index in [0.29, 0.717) is 0 Å². The molecule has 0 fully saturated rings. The van der Waals surface area contributed by atoms with Crippen molar-refractivity contribution in [1.82, 2.24) is 9.97 Å². The fraction of sp³-hybridized carbons (Fsp3) is 0. The van der Waals surface area contributed by atoms with Crippen LogP contribution in [0.2, 0.25) is 0 Å². The van der Waals surface area contributed by atoms with E-state index in [2.05, 4.69) is 9.97 Å². The third-order valence-corrected chi connectivity index (χ3v) is 2.69. The molecule has 2 heterocycles. The molecule has 22 heavy (non-hydrogen) atoms. The lowest BCUT2D eigenvalue weighted by atomic mass is 10.2. The first-order valence-electron chi connectivity index (χ1n) is 6.88. The van der Waals surface area contributed by atoms with Crippen molar-refractivity contribution in [3.63, 3.8) is 0 Å². The Kier molecular flexibility index (Phi) is 6.25. The van der Waals surface area contributed by atoms with E-state index in [9.17, 15) is 4.79 Å². The van der Waals surface area contributed by atoms with Gasteiger partial charge in [-0.15, -0.1) is 0 Å². The maximum Gasteiger partial charge on any atom is 0.178 e. The van der Waals surface area contributed by atoms with Gasteiger partial charge >= 0.3 is 0 Å². The number of nitrogens with zero attached hydrogens (tertiary/aromatic N) is 2. The lowest BCUT2D eigenvalue weighted by Gasteiger charge is -1.88. The average molecular weight is 288 g/mol. The zero-order chi connectivity index (χ0) is 15.5. The van der Waals surface area contributed by atoms with E-state index in [4.69, 9.17) is 0 Å². The van der Waals surface area contributed by atoms with Crippen molar-refractivity contribution in [3.8, 4) is 0 Å². The van der Waals surface area contributed by atoms with Gasteiger partial charge in [0.15, 0.2) is 5.78 Å². The molecular weight excluding hydrogens is 272 g/mol. The number of aromatic nitrogens is 2. The summed E-state index contributed by atoms with van der Waals surface area (Å²) in [4.78, 5) is 19.6. The van der Waals surface area contributed by atoms with Gasteiger partial charge in [-0.3, -0.25) is 14.8 Å². The van der Waals surface area contributed by atoms with Gasteiger partial charge in [0, 0.05) is 24.8 Å². The molecule has 0 saturated carbocycles. The number of hydrogen-bond acceptors (Lipinski definition) is 3. The highest BCUT2D eigenvalue weighted by atomic mass is 16.1. The molecule has 0 saturated heterocycles. The molecule has 2 aromatic heterocycles. The Morgan fingerprint density at radius 1 is 0.773 bits per heavy atom. The van der Waals surface area contributed by atoms with E-state index in [1.54, 1.807) is 36.9 Å². The summed E-state index contributed by atoms with van der Waals surface area (Å²) in [7, 11) is 0. The fourth-order valence-corrected chi connectivity index (χ4v) is 1.64. The van der Waals surface area contributed by atoms with Crippen LogP contribution in [0.1, 0.15) is 11.1 Å². The molecule has 0 spiro atoms. The van der Waals surface area contributed by atoms with Gasteiger partial charge in [0.05, 0.1) is 0 Å². The highest BCUT2D eigenvalue weighted by Crippen LogP contribution is 1.99. The number of carbonyl (C=O) groups is 1. The Morgan fingerprint density at radius 2 is 1.27 bits per heavy atom. The molecular formula is C19H16N2O. The minimum absolute atomic E-state index is 0.0633. The highest BCUT2D eigenvalue weighted by molar-refractivity contribution is 5.99. The third-order valence-electron chi connectivity index (χ3n) is 2.69. The molecule has 0 unspecified atom stereocenters. The molecule has 0 aliphatic carbocycles. The Balaban J connectivity index is 1.80. The molecule has 2 rings (SSSR count). The minimum Gasteiger partial charge on any atom is -0.290 e. The summed E-state index contributed by atoms with van der Waals surface area (Å²) >= 11 is 0. The second-order valence-electron chi connectivity index (χ2n) is 4.41. The van der Waals surface area contributed by atoms with Gasteiger partial charge in [-0.05, 0) is 35.4 Å². The predicted octanol–water partition coefficient (Wildman–Crippen LogP) is 3.88. The fourth-order valence-electron chi connectivity index (χ4n) is 1.64. The molecule has 108 valence electrons. The zero-order valence-electron chi connectivity index (χ0n) is 12.0. The highest BCUT2D eigenvalue weighted by Gasteiger charge is 1.86. The molecule has 2 aromatic rings. The Labute approximate surface area is 130 Å². The quantitative estimate of drug-likeness (QED) is 0.598. The molecule has 0 amide bonds. The number of rotatable bonds is 6. The number of carbonyl (C=O) groups excluding carboxylic acids is 1. The van der Waals surface area contributed by atoms with Gasteiger partial charge in [0.2, 0.25) is 0 Å². The third kappa shape index (κ3) is 5.92. The van der Waals surface area contributed by atoms with E-state index in [1.165, 1.54) is 12.2 Å². The summed E-state index contributed by atoms with van der Waals surface area (Å²) in [6.45, 7) is 0. The maximum atomic E-state index is 11.6. The van der Waals surface area contributed by atoms with Crippen LogP contribution in [0.15, 0.2) is 85.5 Å². The number of ketones is 1. The van der Waals surface area contributed by atoms with Crippen LogP contribution in [0.5, 0.6) is 0 Å². The molecule has 0 radical (unpaired) electrons. The van der Waals surface area contributed by atoms with Crippen LogP contribution in [0, 0.1) is 0 Å². The largest absolute Gasteiger partial charge is 0.290 e. The summed E-state index contributed by atoms with van der Waals surface area (Å²) < 4.78 is 0. The Morgan fingerprint density at radius 3 is 1.68 bits per heavy atom. The van der Waals surface area contributed by atoms with Crippen molar-refractivity contribution in [3.05, 3.63) is 96.6 Å². The first kappa shape index (κ1) is 15.3. The van der Waals surface area contributed by atoms with Gasteiger partial charge < -0.3 is 0 Å². The van der Waals surface area contributed by atoms with Gasteiger partial charge in [-0.1, -0.05) is 48.6 Å². The van der Waals surface area contributed by atoms with Crippen LogP contribution in [0.25, 0.3) is 12.2 Å². The maximum absolute atomic E-state index is 11.6. The smallest absolute Gasteiger partial charge is 0.178 e. The summed E-state index contributed by atoms with van der Waals surface area (Å²) in [6, 6.07) is 7.63. The standard InChI is InChI=1S/C19H16N2O/c22-19(11-3-1-7-17-9-5-13-20-15-17)12-4-2-8-18-10-6-14-21-16-18/h1-16H/b7-1+,8-2+,11-3+,12-4+. The molecule has 0 N–H and O–H groups in total. The lowest BCUT2D eigenvalue weighted by Crippen LogP contribution is -1.82. The van der Waals surface area contributed by atoms with Gasteiger partial charge in [-0.2, -0.15) is 0 Å². The SMILES string of the molecule is O=C(/C=C/C=C/c1cccnc1)/C=C/C=C/c1cccnc1. The van der Waals surface area contributed by atoms with Crippen LogP contribution in [0.3, 0.4) is 0 Å². The molecule has 0 atom stereocenters. The number of hydrogen-bond donors (Lipinski definition) is 0. The molecule has 3 heteroatoms. The average Bonchev–Trinajstić information content (AvgIpc) is 2.57. The van der Waals surface area contributed by atoms with Crippen LogP contribution in [-0.4, -0.2) is 15.8 Å². The predicted molar refractivity (Wildman–Crippen MR) is 89.8 cm³/mol. The van der Waals surface area contributed by atoms with Gasteiger partial charge in [0.25, 0.3) is 0 Å². The van der Waals surface area contributed by atoms with Crippen molar-refractivity contribution in [2.45, 2.75) is 0 Å². The molecule has 0 aliphatic heterocycles. The van der Waals surface area contributed by atoms with Crippen LogP contribution in [0.4, 0.5) is 0 Å². The van der Waals surface area contributed by atoms with E-state index in [1.807, 2.05) is 48.6 Å². The Bertz CT molecular complexity index is 637. The minimum atomic E-state index is -0.0633. The molecule has 0 aliphatic rings. The van der Waals surface area contributed by atoms with Gasteiger partial charge in [-0.25, -0.2) is 0 Å². The summed E-state index contributed by atoms with van der Waals surface area (Å²) in [5.74, 6) is -0.0633. The van der Waals surface area contributed by atoms with Crippen molar-refractivity contribution >= 4 is 17.9 Å². The van der Waals surface area contributed by atoms with Crippen LogP contribution in [-0.2, 0) is 4.79 Å². The van der Waals surface area contributed by atoms with E-state index in [-0.39, 0.29) is 5.78 Å². The first-order chi connectivity index (χ1) is 10.8. The van der Waals surface area contributed by atoms with Crippen molar-refractivity contribution in [2.75, 3.05) is 0 Å². The molecule has 3 nitrogen and oxygen atoms in total. The Hall–Kier alpha value is -3.07. The zero-order valence-corrected chi connectivity index (χ0v) is 12.0. The van der Waals surface area contributed by atoms with E-state index < -0.39 is 0 Å². The summed E-state index contributed by atoms with van der Waals surface area (Å²) in [5.41, 5.74) is 1.99. The van der Waals surface area contributed by atoms with E-state index in [0.717, 1.165) is 11.1 Å². The van der Waals surface area contributed by atoms with Crippen LogP contribution < -0.4 is 0 Å². The molecule has 0 bridgehead atoms. The van der Waals surface area contributed by atoms with Gasteiger partial charge in [0.1, 0.15) is 0 Å². The monoisotopic (exact) mass is 288 g/mol. The van der Waals surface area contributed by atoms with Crippen molar-refractivity contribution < 1.29 is 4.79 Å². The van der Waals surface area contributed by atoms with Crippen molar-refractivity contribution in [1.29, 1.82) is 0 Å². The van der Waals surface area contributed by atoms with Crippen LogP contribution >= 0.6 is 0 Å². The topological polar surface area (TPSA) is 42.9 Å².